The van der Waals surface area contributed by atoms with Gasteiger partial charge in [0, 0.05) is 17.1 Å². The molecule has 0 bridgehead atoms. The highest BCUT2D eigenvalue weighted by Crippen LogP contribution is 2.31. The van der Waals surface area contributed by atoms with Crippen molar-refractivity contribution in [2.75, 3.05) is 0 Å². The fraction of sp³-hybridized carbons (Fsp3) is 0.318. The Morgan fingerprint density at radius 1 is 1.04 bits per heavy atom. The van der Waals surface area contributed by atoms with E-state index in [0.29, 0.717) is 6.61 Å². The van der Waals surface area contributed by atoms with E-state index in [2.05, 4.69) is 36.4 Å². The van der Waals surface area contributed by atoms with Crippen LogP contribution >= 0.6 is 11.6 Å². The molecule has 136 valence electrons. The van der Waals surface area contributed by atoms with E-state index in [1.54, 1.807) is 0 Å². The zero-order valence-corrected chi connectivity index (χ0v) is 16.3. The van der Waals surface area contributed by atoms with Gasteiger partial charge in [0.1, 0.15) is 12.4 Å². The summed E-state index contributed by atoms with van der Waals surface area (Å²) >= 11 is 5.95. The summed E-state index contributed by atoms with van der Waals surface area (Å²) in [6.07, 6.45) is 4.90. The van der Waals surface area contributed by atoms with Gasteiger partial charge < -0.3 is 9.30 Å². The molecule has 3 nitrogen and oxygen atoms in total. The third-order valence-corrected chi connectivity index (χ3v) is 4.54. The maximum atomic E-state index is 6.10. The smallest absolute Gasteiger partial charge is 0.129 e. The zero-order chi connectivity index (χ0) is 18.6. The molecular formula is C22H25ClN2O. The van der Waals surface area contributed by atoms with E-state index < -0.39 is 0 Å². The van der Waals surface area contributed by atoms with Gasteiger partial charge in [0.2, 0.25) is 0 Å². The molecule has 0 N–H and O–H groups in total. The lowest BCUT2D eigenvalue weighted by atomic mass is 9.92. The van der Waals surface area contributed by atoms with Crippen LogP contribution in [0, 0.1) is 5.41 Å². The summed E-state index contributed by atoms with van der Waals surface area (Å²) in [6, 6.07) is 15.9. The molecular weight excluding hydrogens is 344 g/mol. The fourth-order valence-corrected chi connectivity index (χ4v) is 2.85. The first kappa shape index (κ1) is 18.5. The second-order valence-corrected chi connectivity index (χ2v) is 8.13. The van der Waals surface area contributed by atoms with Crippen molar-refractivity contribution >= 4 is 11.6 Å². The standard InChI is InChI=1S/C22H25ClN2O/c1-22(2,3)12-13-25-16-24-14-20(25)19-6-4-5-7-21(19)26-15-17-8-10-18(23)11-9-17/h4-11,14,16H,12-13,15H2,1-3H3. The van der Waals surface area contributed by atoms with E-state index in [9.17, 15) is 0 Å². The maximum absolute atomic E-state index is 6.10. The van der Waals surface area contributed by atoms with Crippen LogP contribution in [0.2, 0.25) is 5.02 Å². The van der Waals surface area contributed by atoms with E-state index in [4.69, 9.17) is 16.3 Å². The van der Waals surface area contributed by atoms with Gasteiger partial charge in [-0.05, 0) is 41.7 Å². The van der Waals surface area contributed by atoms with Gasteiger partial charge in [0.15, 0.2) is 0 Å². The summed E-state index contributed by atoms with van der Waals surface area (Å²) in [6.45, 7) is 8.21. The first-order valence-corrected chi connectivity index (χ1v) is 9.27. The number of aromatic nitrogens is 2. The van der Waals surface area contributed by atoms with Gasteiger partial charge in [-0.25, -0.2) is 4.98 Å². The lowest BCUT2D eigenvalue weighted by Crippen LogP contribution is -2.10. The lowest BCUT2D eigenvalue weighted by molar-refractivity contribution is 0.307. The fourth-order valence-electron chi connectivity index (χ4n) is 2.72. The third-order valence-electron chi connectivity index (χ3n) is 4.29. The molecule has 0 unspecified atom stereocenters. The number of halogens is 1. The molecule has 0 saturated heterocycles. The second-order valence-electron chi connectivity index (χ2n) is 7.69. The second kappa shape index (κ2) is 7.96. The third kappa shape index (κ3) is 4.89. The average Bonchev–Trinajstić information content (AvgIpc) is 3.08. The Morgan fingerprint density at radius 3 is 2.50 bits per heavy atom. The molecule has 1 heterocycles. The van der Waals surface area contributed by atoms with Crippen molar-refractivity contribution in [3.8, 4) is 17.0 Å². The van der Waals surface area contributed by atoms with Gasteiger partial charge in [-0.2, -0.15) is 0 Å². The monoisotopic (exact) mass is 368 g/mol. The highest BCUT2D eigenvalue weighted by Gasteiger charge is 2.14. The number of aryl methyl sites for hydroxylation is 1. The van der Waals surface area contributed by atoms with E-state index in [0.717, 1.165) is 40.6 Å². The minimum atomic E-state index is 0.284. The molecule has 1 aromatic heterocycles. The topological polar surface area (TPSA) is 27.1 Å². The van der Waals surface area contributed by atoms with E-state index in [1.807, 2.05) is 55.0 Å². The van der Waals surface area contributed by atoms with Crippen LogP contribution in [0.5, 0.6) is 5.75 Å². The molecule has 0 saturated carbocycles. The Kier molecular flexibility index (Phi) is 5.67. The van der Waals surface area contributed by atoms with E-state index in [1.165, 1.54) is 0 Å². The molecule has 3 aromatic rings. The molecule has 0 fully saturated rings. The average molecular weight is 369 g/mol. The highest BCUT2D eigenvalue weighted by molar-refractivity contribution is 6.30. The van der Waals surface area contributed by atoms with Crippen molar-refractivity contribution < 1.29 is 4.74 Å². The van der Waals surface area contributed by atoms with Crippen molar-refractivity contribution in [2.24, 2.45) is 5.41 Å². The van der Waals surface area contributed by atoms with Crippen LogP contribution in [-0.4, -0.2) is 9.55 Å². The number of imidazole rings is 1. The van der Waals surface area contributed by atoms with Crippen molar-refractivity contribution in [1.29, 1.82) is 0 Å². The predicted molar refractivity (Wildman–Crippen MR) is 108 cm³/mol. The van der Waals surface area contributed by atoms with Crippen LogP contribution in [0.3, 0.4) is 0 Å². The Labute approximate surface area is 160 Å². The van der Waals surface area contributed by atoms with Crippen LogP contribution in [0.15, 0.2) is 61.1 Å². The molecule has 0 aliphatic heterocycles. The van der Waals surface area contributed by atoms with Crippen LogP contribution in [0.1, 0.15) is 32.8 Å². The van der Waals surface area contributed by atoms with Gasteiger partial charge >= 0.3 is 0 Å². The maximum Gasteiger partial charge on any atom is 0.129 e. The van der Waals surface area contributed by atoms with Crippen molar-refractivity contribution in [2.45, 2.75) is 40.3 Å². The van der Waals surface area contributed by atoms with Gasteiger partial charge in [0.05, 0.1) is 18.2 Å². The molecule has 4 heteroatoms. The van der Waals surface area contributed by atoms with Crippen LogP contribution in [0.25, 0.3) is 11.3 Å². The summed E-state index contributed by atoms with van der Waals surface area (Å²) in [5.74, 6) is 0.861. The summed E-state index contributed by atoms with van der Waals surface area (Å²) in [5, 5.41) is 0.733. The molecule has 3 rings (SSSR count). The van der Waals surface area contributed by atoms with Gasteiger partial charge in [-0.15, -0.1) is 0 Å². The number of nitrogens with zero attached hydrogens (tertiary/aromatic N) is 2. The molecule has 0 atom stereocenters. The Hall–Kier alpha value is -2.26. The first-order valence-electron chi connectivity index (χ1n) is 8.89. The predicted octanol–water partition coefficient (Wildman–Crippen LogP) is 6.22. The largest absolute Gasteiger partial charge is 0.488 e. The summed E-state index contributed by atoms with van der Waals surface area (Å²) < 4.78 is 8.31. The molecule has 0 amide bonds. The SMILES string of the molecule is CC(C)(C)CCn1cncc1-c1ccccc1OCc1ccc(Cl)cc1. The van der Waals surface area contributed by atoms with Gasteiger partial charge in [0.25, 0.3) is 0 Å². The van der Waals surface area contributed by atoms with Gasteiger partial charge in [-0.3, -0.25) is 0 Å². The summed E-state index contributed by atoms with van der Waals surface area (Å²) in [4.78, 5) is 4.36. The molecule has 0 aliphatic carbocycles. The molecule has 0 radical (unpaired) electrons. The summed E-state index contributed by atoms with van der Waals surface area (Å²) in [7, 11) is 0. The lowest BCUT2D eigenvalue weighted by Gasteiger charge is -2.19. The minimum absolute atomic E-state index is 0.284. The number of benzene rings is 2. The Bertz CT molecular complexity index is 847. The van der Waals surface area contributed by atoms with E-state index in [-0.39, 0.29) is 5.41 Å². The number of ether oxygens (including phenoxy) is 1. The zero-order valence-electron chi connectivity index (χ0n) is 15.6. The number of rotatable bonds is 6. The summed E-state index contributed by atoms with van der Waals surface area (Å²) in [5.41, 5.74) is 3.52. The van der Waals surface area contributed by atoms with Crippen molar-refractivity contribution in [1.82, 2.24) is 9.55 Å². The van der Waals surface area contributed by atoms with Crippen LogP contribution < -0.4 is 4.74 Å². The number of para-hydroxylation sites is 1. The number of hydrogen-bond acceptors (Lipinski definition) is 2. The van der Waals surface area contributed by atoms with Crippen LogP contribution in [-0.2, 0) is 13.2 Å². The Balaban J connectivity index is 1.79. The van der Waals surface area contributed by atoms with Crippen molar-refractivity contribution in [3.05, 3.63) is 71.6 Å². The first-order chi connectivity index (χ1) is 12.4. The molecule has 2 aromatic carbocycles. The normalized spacial score (nSPS) is 11.5. The van der Waals surface area contributed by atoms with E-state index >= 15 is 0 Å². The molecule has 0 spiro atoms. The molecule has 0 aliphatic rings. The number of hydrogen-bond donors (Lipinski definition) is 0. The van der Waals surface area contributed by atoms with Crippen molar-refractivity contribution in [3.63, 3.8) is 0 Å². The highest BCUT2D eigenvalue weighted by atomic mass is 35.5. The van der Waals surface area contributed by atoms with Crippen LogP contribution in [0.4, 0.5) is 0 Å². The van der Waals surface area contributed by atoms with Gasteiger partial charge in [-0.1, -0.05) is 56.6 Å². The minimum Gasteiger partial charge on any atom is -0.488 e. The quantitative estimate of drug-likeness (QED) is 0.516. The Morgan fingerprint density at radius 2 is 1.77 bits per heavy atom. The molecule has 26 heavy (non-hydrogen) atoms.